The third-order valence-corrected chi connectivity index (χ3v) is 4.01. The van der Waals surface area contributed by atoms with Crippen molar-refractivity contribution in [1.82, 2.24) is 0 Å². The Hall–Kier alpha value is -1.03. The van der Waals surface area contributed by atoms with Gasteiger partial charge in [0, 0.05) is 10.9 Å². The van der Waals surface area contributed by atoms with Crippen LogP contribution in [0.2, 0.25) is 5.02 Å². The lowest BCUT2D eigenvalue weighted by Crippen LogP contribution is -2.15. The summed E-state index contributed by atoms with van der Waals surface area (Å²) < 4.78 is 0.705. The summed E-state index contributed by atoms with van der Waals surface area (Å²) in [4.78, 5) is 0. The lowest BCUT2D eigenvalue weighted by atomic mass is 9.92. The maximum absolute atomic E-state index is 9.50. The van der Waals surface area contributed by atoms with E-state index in [1.54, 1.807) is 6.07 Å². The first-order chi connectivity index (χ1) is 9.10. The third kappa shape index (κ3) is 3.72. The van der Waals surface area contributed by atoms with E-state index in [0.717, 1.165) is 17.0 Å². The molecule has 0 aliphatic rings. The second-order valence-electron chi connectivity index (χ2n) is 4.47. The van der Waals surface area contributed by atoms with E-state index < -0.39 is 0 Å². The van der Waals surface area contributed by atoms with E-state index in [9.17, 15) is 5.11 Å². The molecule has 0 aliphatic carbocycles. The van der Waals surface area contributed by atoms with Gasteiger partial charge in [0.25, 0.3) is 0 Å². The van der Waals surface area contributed by atoms with E-state index in [-0.39, 0.29) is 11.7 Å². The van der Waals surface area contributed by atoms with Crippen LogP contribution in [0.5, 0.6) is 5.75 Å². The molecule has 2 rings (SSSR count). The Morgan fingerprint density at radius 3 is 2.42 bits per heavy atom. The molecule has 0 aliphatic heterocycles. The van der Waals surface area contributed by atoms with E-state index in [4.69, 9.17) is 17.3 Å². The minimum atomic E-state index is 0.244. The van der Waals surface area contributed by atoms with Crippen molar-refractivity contribution in [2.24, 2.45) is 5.73 Å². The summed E-state index contributed by atoms with van der Waals surface area (Å²) in [5.41, 5.74) is 8.18. The summed E-state index contributed by atoms with van der Waals surface area (Å²) in [5.74, 6) is 0.494. The van der Waals surface area contributed by atoms with Crippen molar-refractivity contribution in [1.29, 1.82) is 0 Å². The molecule has 0 heterocycles. The summed E-state index contributed by atoms with van der Waals surface area (Å²) in [5, 5.41) is 10.2. The van der Waals surface area contributed by atoms with Crippen molar-refractivity contribution in [3.8, 4) is 5.75 Å². The molecule has 3 N–H and O–H groups in total. The quantitative estimate of drug-likeness (QED) is 0.880. The highest BCUT2D eigenvalue weighted by atomic mass is 79.9. The maximum atomic E-state index is 9.50. The summed E-state index contributed by atoms with van der Waals surface area (Å²) >= 11 is 9.22. The van der Waals surface area contributed by atoms with Crippen LogP contribution in [0, 0.1) is 0 Å². The van der Waals surface area contributed by atoms with Crippen molar-refractivity contribution in [2.75, 3.05) is 6.54 Å². The van der Waals surface area contributed by atoms with Gasteiger partial charge >= 0.3 is 0 Å². The van der Waals surface area contributed by atoms with Gasteiger partial charge in [0.05, 0.1) is 4.47 Å². The molecule has 1 unspecified atom stereocenters. The Balaban J connectivity index is 2.18. The van der Waals surface area contributed by atoms with Gasteiger partial charge in [-0.1, -0.05) is 29.8 Å². The normalized spacial score (nSPS) is 12.4. The SMILES string of the molecule is NCC(Cc1ccc(O)c(Br)c1)c1ccc(Cl)cc1. The fourth-order valence-electron chi connectivity index (χ4n) is 2.03. The van der Waals surface area contributed by atoms with Gasteiger partial charge < -0.3 is 10.8 Å². The third-order valence-electron chi connectivity index (χ3n) is 3.12. The molecule has 19 heavy (non-hydrogen) atoms. The zero-order chi connectivity index (χ0) is 13.8. The minimum Gasteiger partial charge on any atom is -0.507 e. The first-order valence-electron chi connectivity index (χ1n) is 6.03. The lowest BCUT2D eigenvalue weighted by molar-refractivity contribution is 0.471. The molecular weight excluding hydrogens is 326 g/mol. The molecule has 0 amide bonds. The highest BCUT2D eigenvalue weighted by Gasteiger charge is 2.11. The van der Waals surface area contributed by atoms with Gasteiger partial charge in [-0.2, -0.15) is 0 Å². The fourth-order valence-corrected chi connectivity index (χ4v) is 2.59. The van der Waals surface area contributed by atoms with E-state index in [1.165, 1.54) is 5.56 Å². The standard InChI is InChI=1S/C15H15BrClNO/c16-14-8-10(1-6-15(14)19)7-12(9-18)11-2-4-13(17)5-3-11/h1-6,8,12,19H,7,9,18H2. The molecule has 0 fully saturated rings. The molecule has 0 saturated carbocycles. The molecule has 0 spiro atoms. The molecular formula is C15H15BrClNO. The Morgan fingerprint density at radius 1 is 1.16 bits per heavy atom. The molecule has 0 bridgehead atoms. The number of aromatic hydroxyl groups is 1. The Labute approximate surface area is 126 Å². The number of nitrogens with two attached hydrogens (primary N) is 1. The monoisotopic (exact) mass is 339 g/mol. The smallest absolute Gasteiger partial charge is 0.129 e. The molecule has 4 heteroatoms. The number of phenols is 1. The highest BCUT2D eigenvalue weighted by molar-refractivity contribution is 9.10. The second-order valence-corrected chi connectivity index (χ2v) is 5.76. The van der Waals surface area contributed by atoms with Gasteiger partial charge in [0.1, 0.15) is 5.75 Å². The van der Waals surface area contributed by atoms with Crippen LogP contribution in [0.3, 0.4) is 0 Å². The van der Waals surface area contributed by atoms with Crippen LogP contribution in [0.25, 0.3) is 0 Å². The predicted octanol–water partition coefficient (Wildman–Crippen LogP) is 4.09. The van der Waals surface area contributed by atoms with Crippen LogP contribution in [-0.4, -0.2) is 11.7 Å². The predicted molar refractivity (Wildman–Crippen MR) is 82.8 cm³/mol. The van der Waals surface area contributed by atoms with Crippen LogP contribution >= 0.6 is 27.5 Å². The average molecular weight is 341 g/mol. The number of benzene rings is 2. The van der Waals surface area contributed by atoms with Crippen molar-refractivity contribution in [3.05, 3.63) is 63.1 Å². The molecule has 0 saturated heterocycles. The zero-order valence-corrected chi connectivity index (χ0v) is 12.7. The number of halogens is 2. The van der Waals surface area contributed by atoms with Crippen molar-refractivity contribution < 1.29 is 5.11 Å². The van der Waals surface area contributed by atoms with E-state index >= 15 is 0 Å². The van der Waals surface area contributed by atoms with Crippen LogP contribution in [0.15, 0.2) is 46.9 Å². The van der Waals surface area contributed by atoms with Crippen LogP contribution < -0.4 is 5.73 Å². The van der Waals surface area contributed by atoms with Crippen molar-refractivity contribution >= 4 is 27.5 Å². The molecule has 2 aromatic carbocycles. The lowest BCUT2D eigenvalue weighted by Gasteiger charge is -2.16. The molecule has 0 radical (unpaired) electrons. The van der Waals surface area contributed by atoms with Gasteiger partial charge in [-0.3, -0.25) is 0 Å². The largest absolute Gasteiger partial charge is 0.507 e. The topological polar surface area (TPSA) is 46.2 Å². The van der Waals surface area contributed by atoms with E-state index in [1.807, 2.05) is 36.4 Å². The number of phenolic OH excluding ortho intramolecular Hbond substituents is 1. The number of hydrogen-bond acceptors (Lipinski definition) is 2. The van der Waals surface area contributed by atoms with Crippen LogP contribution in [0.1, 0.15) is 17.0 Å². The zero-order valence-electron chi connectivity index (χ0n) is 10.3. The Morgan fingerprint density at radius 2 is 1.84 bits per heavy atom. The fraction of sp³-hybridized carbons (Fsp3) is 0.200. The second kappa shape index (κ2) is 6.42. The van der Waals surface area contributed by atoms with Gasteiger partial charge in [-0.25, -0.2) is 0 Å². The minimum absolute atomic E-state index is 0.244. The van der Waals surface area contributed by atoms with Gasteiger partial charge in [0.15, 0.2) is 0 Å². The summed E-state index contributed by atoms with van der Waals surface area (Å²) in [6.07, 6.45) is 0.830. The molecule has 0 aromatic heterocycles. The molecule has 100 valence electrons. The Kier molecular flexibility index (Phi) is 4.86. The molecule has 1 atom stereocenters. The van der Waals surface area contributed by atoms with E-state index in [2.05, 4.69) is 15.9 Å². The van der Waals surface area contributed by atoms with Crippen LogP contribution in [-0.2, 0) is 6.42 Å². The first kappa shape index (κ1) is 14.4. The van der Waals surface area contributed by atoms with Crippen LogP contribution in [0.4, 0.5) is 0 Å². The summed E-state index contributed by atoms with van der Waals surface area (Å²) in [6, 6.07) is 13.3. The van der Waals surface area contributed by atoms with Gasteiger partial charge in [0.2, 0.25) is 0 Å². The highest BCUT2D eigenvalue weighted by Crippen LogP contribution is 2.27. The van der Waals surface area contributed by atoms with Crippen molar-refractivity contribution in [2.45, 2.75) is 12.3 Å². The molecule has 2 nitrogen and oxygen atoms in total. The summed E-state index contributed by atoms with van der Waals surface area (Å²) in [7, 11) is 0. The average Bonchev–Trinajstić information content (AvgIpc) is 2.41. The number of hydrogen-bond donors (Lipinski definition) is 2. The first-order valence-corrected chi connectivity index (χ1v) is 7.20. The van der Waals surface area contributed by atoms with Crippen molar-refractivity contribution in [3.63, 3.8) is 0 Å². The number of rotatable bonds is 4. The molecule has 2 aromatic rings. The Bertz CT molecular complexity index is 557. The maximum Gasteiger partial charge on any atom is 0.129 e. The van der Waals surface area contributed by atoms with Gasteiger partial charge in [-0.15, -0.1) is 0 Å². The van der Waals surface area contributed by atoms with E-state index in [0.29, 0.717) is 11.0 Å². The van der Waals surface area contributed by atoms with Gasteiger partial charge in [-0.05, 0) is 64.3 Å². The summed E-state index contributed by atoms with van der Waals surface area (Å²) in [6.45, 7) is 0.570.